The molecule has 1 aliphatic carbocycles. The Balaban J connectivity index is 1.99. The number of pyridine rings is 1. The van der Waals surface area contributed by atoms with Gasteiger partial charge in [0.1, 0.15) is 17.4 Å². The number of hydrogen-bond donors (Lipinski definition) is 2. The zero-order valence-electron chi connectivity index (χ0n) is 16.5. The summed E-state index contributed by atoms with van der Waals surface area (Å²) in [5, 5.41) is 9.26. The molecule has 3 N–H and O–H groups in total. The molecule has 1 saturated carbocycles. The molecule has 7 nitrogen and oxygen atoms in total. The molecule has 0 spiro atoms. The first-order valence-electron chi connectivity index (χ1n) is 9.83. The molecule has 2 heterocycles. The number of fused-ring (bicyclic) bond motifs is 1. The van der Waals surface area contributed by atoms with Gasteiger partial charge in [-0.05, 0) is 18.9 Å². The number of aromatic nitrogens is 1. The zero-order valence-corrected chi connectivity index (χ0v) is 16.5. The standard InChI is InChI=1S/C21H23F2N3O4/c1-30-20-17-12(19(27)13(21(28)29)10-26(17)16-8-14(16)22)7-15(23)18(20)25-6-2-3-11(9-25)4-5-24/h4,7,10,14,16H,2-3,5-6,8-9,24H2,1H3,(H,28,29)/b11-4+/t14-,16+/m0/s1. The van der Waals surface area contributed by atoms with E-state index in [9.17, 15) is 19.1 Å². The maximum Gasteiger partial charge on any atom is 0.341 e. The number of anilines is 1. The monoisotopic (exact) mass is 419 g/mol. The third kappa shape index (κ3) is 3.32. The van der Waals surface area contributed by atoms with Crippen molar-refractivity contribution in [1.29, 1.82) is 0 Å². The van der Waals surface area contributed by atoms with Gasteiger partial charge in [0.25, 0.3) is 0 Å². The van der Waals surface area contributed by atoms with Crippen LogP contribution in [0, 0.1) is 5.82 Å². The molecule has 0 bridgehead atoms. The highest BCUT2D eigenvalue weighted by Gasteiger charge is 2.41. The summed E-state index contributed by atoms with van der Waals surface area (Å²) in [6.45, 7) is 1.42. The van der Waals surface area contributed by atoms with Crippen LogP contribution < -0.4 is 20.8 Å². The smallest absolute Gasteiger partial charge is 0.341 e. The van der Waals surface area contributed by atoms with E-state index in [-0.39, 0.29) is 28.8 Å². The van der Waals surface area contributed by atoms with Crippen molar-refractivity contribution in [2.75, 3.05) is 31.6 Å². The lowest BCUT2D eigenvalue weighted by Gasteiger charge is -2.32. The third-order valence-corrected chi connectivity index (χ3v) is 5.71. The van der Waals surface area contributed by atoms with Crippen molar-refractivity contribution in [3.63, 3.8) is 0 Å². The van der Waals surface area contributed by atoms with Crippen LogP contribution in [0.3, 0.4) is 0 Å². The molecule has 1 aromatic carbocycles. The Bertz CT molecular complexity index is 1110. The van der Waals surface area contributed by atoms with Crippen LogP contribution in [0.25, 0.3) is 10.9 Å². The summed E-state index contributed by atoms with van der Waals surface area (Å²) < 4.78 is 36.2. The van der Waals surface area contributed by atoms with Gasteiger partial charge in [0.2, 0.25) is 5.43 Å². The van der Waals surface area contributed by atoms with Gasteiger partial charge in [0.05, 0.1) is 24.1 Å². The van der Waals surface area contributed by atoms with Gasteiger partial charge in [-0.3, -0.25) is 4.79 Å². The molecule has 4 rings (SSSR count). The average Bonchev–Trinajstić information content (AvgIpc) is 3.44. The van der Waals surface area contributed by atoms with Crippen molar-refractivity contribution < 1.29 is 23.4 Å². The molecule has 0 unspecified atom stereocenters. The van der Waals surface area contributed by atoms with Gasteiger partial charge in [-0.1, -0.05) is 11.6 Å². The second-order valence-electron chi connectivity index (χ2n) is 7.66. The number of ether oxygens (including phenoxy) is 1. The number of carboxylic acids is 1. The molecule has 1 saturated heterocycles. The average molecular weight is 419 g/mol. The molecule has 0 amide bonds. The molecular formula is C21H23F2N3O4. The fourth-order valence-corrected chi connectivity index (χ4v) is 4.21. The third-order valence-electron chi connectivity index (χ3n) is 5.71. The summed E-state index contributed by atoms with van der Waals surface area (Å²) in [6.07, 6.45) is 3.74. The van der Waals surface area contributed by atoms with Crippen LogP contribution >= 0.6 is 0 Å². The number of nitrogens with two attached hydrogens (primary N) is 1. The van der Waals surface area contributed by atoms with Gasteiger partial charge >= 0.3 is 5.97 Å². The Morgan fingerprint density at radius 2 is 2.20 bits per heavy atom. The van der Waals surface area contributed by atoms with Gasteiger partial charge in [0, 0.05) is 32.3 Å². The van der Waals surface area contributed by atoms with Crippen LogP contribution in [0.15, 0.2) is 28.7 Å². The lowest BCUT2D eigenvalue weighted by atomic mass is 10.0. The summed E-state index contributed by atoms with van der Waals surface area (Å²) in [6, 6.07) is 0.419. The molecule has 2 aliphatic rings. The molecule has 160 valence electrons. The normalized spacial score (nSPS) is 22.5. The highest BCUT2D eigenvalue weighted by atomic mass is 19.1. The zero-order chi connectivity index (χ0) is 21.6. The summed E-state index contributed by atoms with van der Waals surface area (Å²) in [5.74, 6) is -2.03. The van der Waals surface area contributed by atoms with E-state index in [0.29, 0.717) is 19.6 Å². The Morgan fingerprint density at radius 1 is 1.47 bits per heavy atom. The second-order valence-corrected chi connectivity index (χ2v) is 7.66. The van der Waals surface area contributed by atoms with Crippen molar-refractivity contribution in [2.45, 2.75) is 31.5 Å². The van der Waals surface area contributed by atoms with E-state index in [1.165, 1.54) is 11.7 Å². The van der Waals surface area contributed by atoms with Crippen molar-refractivity contribution in [3.05, 3.63) is 45.5 Å². The Labute approximate surface area is 171 Å². The predicted molar refractivity (Wildman–Crippen MR) is 109 cm³/mol. The number of methoxy groups -OCH3 is 1. The first-order chi connectivity index (χ1) is 14.4. The van der Waals surface area contributed by atoms with Crippen molar-refractivity contribution >= 4 is 22.6 Å². The van der Waals surface area contributed by atoms with Gasteiger partial charge in [-0.2, -0.15) is 0 Å². The lowest BCUT2D eigenvalue weighted by molar-refractivity contribution is 0.0694. The minimum absolute atomic E-state index is 0.104. The fraction of sp³-hybridized carbons (Fsp3) is 0.429. The molecule has 2 atom stereocenters. The quantitative estimate of drug-likeness (QED) is 0.723. The van der Waals surface area contributed by atoms with Crippen LogP contribution in [0.4, 0.5) is 14.5 Å². The van der Waals surface area contributed by atoms with E-state index in [2.05, 4.69) is 0 Å². The van der Waals surface area contributed by atoms with E-state index >= 15 is 4.39 Å². The topological polar surface area (TPSA) is 97.8 Å². The summed E-state index contributed by atoms with van der Waals surface area (Å²) in [5.41, 5.74) is 5.74. The first kappa shape index (κ1) is 20.3. The maximum absolute atomic E-state index is 15.3. The number of halogens is 2. The second kappa shape index (κ2) is 7.71. The lowest BCUT2D eigenvalue weighted by Crippen LogP contribution is -2.33. The molecule has 1 aromatic heterocycles. The number of nitrogens with zero attached hydrogens (tertiary/aromatic N) is 2. The summed E-state index contributed by atoms with van der Waals surface area (Å²) >= 11 is 0. The van der Waals surface area contributed by atoms with Gasteiger partial charge in [-0.25, -0.2) is 13.6 Å². The predicted octanol–water partition coefficient (Wildman–Crippen LogP) is 2.62. The van der Waals surface area contributed by atoms with Crippen LogP contribution in [0.1, 0.15) is 35.7 Å². The number of rotatable bonds is 5. The van der Waals surface area contributed by atoms with E-state index in [0.717, 1.165) is 30.7 Å². The number of carboxylic acid groups (broad SMARTS) is 1. The van der Waals surface area contributed by atoms with E-state index in [1.54, 1.807) is 0 Å². The number of hydrogen-bond acceptors (Lipinski definition) is 5. The SMILES string of the molecule is COc1c(N2CCC/C(=C\CN)C2)c(F)cc2c(=O)c(C(=O)O)cn([C@@H]3C[C@@H]3F)c12. The molecular weight excluding hydrogens is 396 g/mol. The molecule has 2 aromatic rings. The van der Waals surface area contributed by atoms with E-state index in [1.807, 2.05) is 11.0 Å². The minimum Gasteiger partial charge on any atom is -0.492 e. The van der Waals surface area contributed by atoms with Crippen LogP contribution in [-0.4, -0.2) is 48.6 Å². The molecule has 2 fully saturated rings. The number of piperidine rings is 1. The molecule has 9 heteroatoms. The van der Waals surface area contributed by atoms with Crippen molar-refractivity contribution in [1.82, 2.24) is 4.57 Å². The van der Waals surface area contributed by atoms with Crippen molar-refractivity contribution in [3.8, 4) is 5.75 Å². The Morgan fingerprint density at radius 3 is 2.80 bits per heavy atom. The van der Waals surface area contributed by atoms with E-state index in [4.69, 9.17) is 10.5 Å². The van der Waals surface area contributed by atoms with Crippen LogP contribution in [0.5, 0.6) is 5.75 Å². The Kier molecular flexibility index (Phi) is 5.23. The summed E-state index contributed by atoms with van der Waals surface area (Å²) in [7, 11) is 1.36. The van der Waals surface area contributed by atoms with Gasteiger partial charge in [0.15, 0.2) is 11.6 Å². The number of aromatic carboxylic acids is 1. The van der Waals surface area contributed by atoms with Crippen molar-refractivity contribution in [2.24, 2.45) is 5.73 Å². The fourth-order valence-electron chi connectivity index (χ4n) is 4.21. The molecule has 1 aliphatic heterocycles. The maximum atomic E-state index is 15.3. The summed E-state index contributed by atoms with van der Waals surface area (Å²) in [4.78, 5) is 26.1. The highest BCUT2D eigenvalue weighted by Crippen LogP contribution is 2.45. The number of carbonyl (C=O) groups is 1. The highest BCUT2D eigenvalue weighted by molar-refractivity contribution is 5.97. The van der Waals surface area contributed by atoms with Crippen LogP contribution in [-0.2, 0) is 0 Å². The molecule has 30 heavy (non-hydrogen) atoms. The first-order valence-corrected chi connectivity index (χ1v) is 9.83. The molecule has 0 radical (unpaired) electrons. The van der Waals surface area contributed by atoms with Gasteiger partial charge in [-0.15, -0.1) is 0 Å². The van der Waals surface area contributed by atoms with Crippen LogP contribution in [0.2, 0.25) is 0 Å². The minimum atomic E-state index is -1.44. The van der Waals surface area contributed by atoms with E-state index < -0.39 is 35.0 Å². The number of alkyl halides is 1. The number of benzene rings is 1. The van der Waals surface area contributed by atoms with Gasteiger partial charge < -0.3 is 25.0 Å². The largest absolute Gasteiger partial charge is 0.492 e. The Hall–Kier alpha value is -2.94.